The average molecular weight is 599 g/mol. The second kappa shape index (κ2) is 9.51. The van der Waals surface area contributed by atoms with E-state index >= 15 is 0 Å². The molecule has 11 heteroatoms. The van der Waals surface area contributed by atoms with Crippen LogP contribution in [0.1, 0.15) is 0 Å². The topological polar surface area (TPSA) is 105 Å². The smallest absolute Gasteiger partial charge is 0.228 e. The minimum Gasteiger partial charge on any atom is -0.464 e. The fourth-order valence-electron chi connectivity index (χ4n) is 5.87. The van der Waals surface area contributed by atoms with Crippen LogP contribution in [0.25, 0.3) is 54.5 Å². The molecule has 9 rings (SSSR count). The van der Waals surface area contributed by atoms with E-state index in [0.29, 0.717) is 5.95 Å². The summed E-state index contributed by atoms with van der Waals surface area (Å²) in [6.45, 7) is 0. The van der Waals surface area contributed by atoms with Crippen LogP contribution in [0.3, 0.4) is 0 Å². The molecule has 2 aromatic carbocycles. The lowest BCUT2D eigenvalue weighted by Gasteiger charge is -2.28. The van der Waals surface area contributed by atoms with Crippen LogP contribution >= 0.6 is 22.7 Å². The first kappa shape index (κ1) is 24.1. The molecule has 1 aliphatic heterocycles. The Kier molecular flexibility index (Phi) is 5.33. The number of aromatic nitrogens is 5. The van der Waals surface area contributed by atoms with Crippen molar-refractivity contribution in [3.05, 3.63) is 109 Å². The third kappa shape index (κ3) is 3.69. The maximum atomic E-state index is 6.22. The molecule has 0 aliphatic carbocycles. The predicted octanol–water partition coefficient (Wildman–Crippen LogP) is 8.90. The van der Waals surface area contributed by atoms with Crippen LogP contribution in [0.2, 0.25) is 0 Å². The quantitative estimate of drug-likeness (QED) is 0.152. The van der Waals surface area contributed by atoms with Crippen LogP contribution in [-0.2, 0) is 0 Å². The molecular weight excluding hydrogens is 577 g/mol. The summed E-state index contributed by atoms with van der Waals surface area (Å²) in [5.41, 5.74) is 11.6. The first-order valence-corrected chi connectivity index (χ1v) is 15.4. The molecule has 0 unspecified atom stereocenters. The highest BCUT2D eigenvalue weighted by Crippen LogP contribution is 2.59. The number of aromatic amines is 3. The summed E-state index contributed by atoms with van der Waals surface area (Å²) < 4.78 is 6.22. The highest BCUT2D eigenvalue weighted by Gasteiger charge is 2.41. The third-order valence-electron chi connectivity index (χ3n) is 7.58. The number of para-hydroxylation sites is 1. The number of fused-ring (bicyclic) bond motifs is 2. The molecule has 0 spiro atoms. The van der Waals surface area contributed by atoms with Crippen molar-refractivity contribution >= 4 is 56.7 Å². The van der Waals surface area contributed by atoms with E-state index in [1.54, 1.807) is 35.1 Å². The maximum Gasteiger partial charge on any atom is 0.228 e. The van der Waals surface area contributed by atoms with Crippen LogP contribution in [0, 0.1) is 0 Å². The average Bonchev–Trinajstić information content (AvgIpc) is 3.88. The number of nitrogens with zero attached hydrogens (tertiary/aromatic N) is 4. The Morgan fingerprint density at radius 3 is 2.49 bits per heavy atom. The van der Waals surface area contributed by atoms with E-state index in [0.717, 1.165) is 71.7 Å². The molecule has 0 atom stereocenters. The number of nitrogens with one attached hydrogen (secondary N) is 4. The van der Waals surface area contributed by atoms with Crippen LogP contribution in [0.4, 0.5) is 23.1 Å². The zero-order valence-electron chi connectivity index (χ0n) is 22.4. The lowest BCUT2D eigenvalue weighted by molar-refractivity contribution is 0.583. The van der Waals surface area contributed by atoms with Gasteiger partial charge in [0.05, 0.1) is 17.5 Å². The van der Waals surface area contributed by atoms with Gasteiger partial charge in [-0.3, -0.25) is 5.43 Å². The zero-order valence-corrected chi connectivity index (χ0v) is 24.0. The highest BCUT2D eigenvalue weighted by molar-refractivity contribution is 7.14. The van der Waals surface area contributed by atoms with Crippen molar-refractivity contribution in [2.24, 2.45) is 0 Å². The van der Waals surface area contributed by atoms with E-state index < -0.39 is 0 Å². The fraction of sp³-hybridized carbons (Fsp3) is 0. The largest absolute Gasteiger partial charge is 0.464 e. The Morgan fingerprint density at radius 2 is 1.74 bits per heavy atom. The van der Waals surface area contributed by atoms with Gasteiger partial charge in [-0.15, -0.1) is 22.7 Å². The summed E-state index contributed by atoms with van der Waals surface area (Å²) in [5, 5.41) is 10.2. The highest BCUT2D eigenvalue weighted by atomic mass is 32.1. The first-order valence-electron chi connectivity index (χ1n) is 13.6. The van der Waals surface area contributed by atoms with Gasteiger partial charge in [0.1, 0.15) is 22.3 Å². The number of H-pyrrole nitrogens is 3. The summed E-state index contributed by atoms with van der Waals surface area (Å²) in [5.74, 6) is 2.25. The molecule has 0 radical (unpaired) electrons. The Labute approximate surface area is 253 Å². The molecule has 208 valence electrons. The Morgan fingerprint density at radius 1 is 0.767 bits per heavy atom. The van der Waals surface area contributed by atoms with Crippen molar-refractivity contribution in [3.8, 4) is 43.6 Å². The molecule has 0 fully saturated rings. The van der Waals surface area contributed by atoms with Crippen molar-refractivity contribution in [1.29, 1.82) is 0 Å². The summed E-state index contributed by atoms with van der Waals surface area (Å²) in [7, 11) is 0. The van der Waals surface area contributed by atoms with E-state index in [1.807, 2.05) is 53.4 Å². The molecule has 9 nitrogen and oxygen atoms in total. The van der Waals surface area contributed by atoms with E-state index in [4.69, 9.17) is 14.4 Å². The van der Waals surface area contributed by atoms with Gasteiger partial charge in [-0.1, -0.05) is 24.3 Å². The van der Waals surface area contributed by atoms with Crippen LogP contribution in [0.5, 0.6) is 0 Å². The van der Waals surface area contributed by atoms with Crippen molar-refractivity contribution in [3.63, 3.8) is 0 Å². The van der Waals surface area contributed by atoms with E-state index in [2.05, 4.69) is 73.2 Å². The standard InChI is InChI=1S/C32H22N8OS2/c1-2-7-20-19(6-1)18-21(37-20)25-27(23-9-5-16-42-23)26(22-8-4-15-41-22)28(31-34-14-17-43-31)30-29(25)38-40(24-10-3-11-33-24)39(30)32-35-12-13-36-32/h1-18,33,37-38H,(H,35,36). The molecule has 43 heavy (non-hydrogen) atoms. The number of benzene rings is 2. The predicted molar refractivity (Wildman–Crippen MR) is 173 cm³/mol. The van der Waals surface area contributed by atoms with E-state index in [1.165, 1.54) is 0 Å². The molecule has 1 aliphatic rings. The minimum atomic E-state index is 0.649. The van der Waals surface area contributed by atoms with E-state index in [9.17, 15) is 0 Å². The number of hydrogen-bond acceptors (Lipinski definition) is 8. The number of hydrazine groups is 2. The number of thiophene rings is 1. The lowest BCUT2D eigenvalue weighted by Crippen LogP contribution is -2.39. The summed E-state index contributed by atoms with van der Waals surface area (Å²) in [4.78, 5) is 21.1. The Balaban J connectivity index is 1.49. The Hall–Kier alpha value is -5.52. The number of hydrogen-bond donors (Lipinski definition) is 4. The van der Waals surface area contributed by atoms with E-state index in [-0.39, 0.29) is 0 Å². The summed E-state index contributed by atoms with van der Waals surface area (Å²) >= 11 is 3.29. The summed E-state index contributed by atoms with van der Waals surface area (Å²) in [6, 6.07) is 22.8. The lowest BCUT2D eigenvalue weighted by atomic mass is 9.88. The van der Waals surface area contributed by atoms with Gasteiger partial charge in [-0.05, 0) is 47.8 Å². The molecular formula is C32H22N8OS2. The molecule has 0 bridgehead atoms. The third-order valence-corrected chi connectivity index (χ3v) is 9.26. The Bertz CT molecular complexity index is 2130. The zero-order chi connectivity index (χ0) is 28.3. The van der Waals surface area contributed by atoms with Crippen LogP contribution in [-0.4, -0.2) is 24.9 Å². The molecule has 8 aromatic rings. The second-order valence-corrected chi connectivity index (χ2v) is 11.8. The molecule has 6 aromatic heterocycles. The van der Waals surface area contributed by atoms with Crippen molar-refractivity contribution < 1.29 is 4.42 Å². The van der Waals surface area contributed by atoms with Crippen molar-refractivity contribution in [2.45, 2.75) is 0 Å². The van der Waals surface area contributed by atoms with Gasteiger partial charge in [-0.25, -0.2) is 9.97 Å². The van der Waals surface area contributed by atoms with Gasteiger partial charge in [0.15, 0.2) is 0 Å². The van der Waals surface area contributed by atoms with Gasteiger partial charge in [-0.2, -0.15) is 10.1 Å². The van der Waals surface area contributed by atoms with Crippen LogP contribution < -0.4 is 15.6 Å². The van der Waals surface area contributed by atoms with Crippen molar-refractivity contribution in [2.75, 3.05) is 15.6 Å². The van der Waals surface area contributed by atoms with Gasteiger partial charge in [0.25, 0.3) is 0 Å². The number of anilines is 4. The first-order chi connectivity index (χ1) is 21.3. The fourth-order valence-corrected chi connectivity index (χ4v) is 7.35. The number of thiazole rings is 1. The van der Waals surface area contributed by atoms with Crippen molar-refractivity contribution in [1.82, 2.24) is 24.9 Å². The molecule has 0 amide bonds. The van der Waals surface area contributed by atoms with Gasteiger partial charge in [0.2, 0.25) is 5.95 Å². The minimum absolute atomic E-state index is 0.649. The monoisotopic (exact) mass is 598 g/mol. The molecule has 0 saturated carbocycles. The van der Waals surface area contributed by atoms with Crippen LogP contribution in [0.15, 0.2) is 113 Å². The molecule has 7 heterocycles. The maximum absolute atomic E-state index is 6.22. The molecule has 4 N–H and O–H groups in total. The number of imidazole rings is 1. The number of rotatable bonds is 6. The summed E-state index contributed by atoms with van der Waals surface area (Å²) in [6.07, 6.45) is 9.07. The SMILES string of the molecule is c1c[nH]c(N2Nc3c(-c4cc5ccccc5[nH]4)c(-c4cccs4)c(-c4ccco4)c(-c4nccs4)c3N2c2ncc[nH]2)c1. The normalized spacial score (nSPS) is 12.7. The molecule has 0 saturated heterocycles. The van der Waals surface area contributed by atoms with Gasteiger partial charge < -0.3 is 19.4 Å². The second-order valence-electron chi connectivity index (χ2n) is 9.99. The van der Waals surface area contributed by atoms with Gasteiger partial charge >= 0.3 is 0 Å². The number of furan rings is 1. The van der Waals surface area contributed by atoms with Gasteiger partial charge in [0, 0.05) is 68.3 Å².